The smallest absolute Gasteiger partial charge is 0.336 e. The van der Waals surface area contributed by atoms with Gasteiger partial charge in [-0.05, 0) is 26.8 Å². The van der Waals surface area contributed by atoms with Crippen molar-refractivity contribution in [2.75, 3.05) is 6.61 Å². The molecule has 0 saturated carbocycles. The molecule has 1 aromatic rings. The maximum atomic E-state index is 11.9. The van der Waals surface area contributed by atoms with E-state index in [1.165, 1.54) is 13.0 Å². The molecule has 1 aromatic heterocycles. The number of carbonyl (C=O) groups is 1. The van der Waals surface area contributed by atoms with E-state index in [0.29, 0.717) is 5.69 Å². The van der Waals surface area contributed by atoms with Crippen LogP contribution in [0.4, 0.5) is 5.69 Å². The number of rotatable bonds is 4. The lowest BCUT2D eigenvalue weighted by molar-refractivity contribution is -0.387. The Morgan fingerprint density at radius 2 is 2.11 bits per heavy atom. The van der Waals surface area contributed by atoms with Crippen LogP contribution in [0, 0.1) is 24.0 Å². The van der Waals surface area contributed by atoms with Crippen LogP contribution in [0.2, 0.25) is 0 Å². The number of aryl methyl sites for hydroxylation is 2. The number of pyridine rings is 1. The molecule has 0 aliphatic heterocycles. The zero-order valence-electron chi connectivity index (χ0n) is 10.4. The summed E-state index contributed by atoms with van der Waals surface area (Å²) in [6.45, 7) is 4.62. The van der Waals surface area contributed by atoms with Crippen LogP contribution >= 0.6 is 0 Å². The van der Waals surface area contributed by atoms with Gasteiger partial charge in [-0.1, -0.05) is 0 Å². The molecule has 0 amide bonds. The summed E-state index contributed by atoms with van der Waals surface area (Å²) in [6.07, 6.45) is 0. The fourth-order valence-corrected chi connectivity index (χ4v) is 1.67. The van der Waals surface area contributed by atoms with Crippen molar-refractivity contribution >= 4 is 11.7 Å². The highest BCUT2D eigenvalue weighted by molar-refractivity contribution is 5.69. The van der Waals surface area contributed by atoms with Gasteiger partial charge in [-0.15, -0.1) is 0 Å². The van der Waals surface area contributed by atoms with Crippen molar-refractivity contribution in [3.63, 3.8) is 0 Å². The van der Waals surface area contributed by atoms with E-state index in [-0.39, 0.29) is 18.7 Å². The first-order chi connectivity index (χ1) is 8.38. The largest absolute Gasteiger partial charge is 0.465 e. The summed E-state index contributed by atoms with van der Waals surface area (Å²) in [4.78, 5) is 33.3. The van der Waals surface area contributed by atoms with Crippen LogP contribution in [0.5, 0.6) is 0 Å². The topological polar surface area (TPSA) is 91.4 Å². The van der Waals surface area contributed by atoms with E-state index in [4.69, 9.17) is 4.74 Å². The molecule has 0 fully saturated rings. The van der Waals surface area contributed by atoms with E-state index in [2.05, 4.69) is 0 Å². The quantitative estimate of drug-likeness (QED) is 0.453. The van der Waals surface area contributed by atoms with Gasteiger partial charge in [0.05, 0.1) is 11.5 Å². The lowest BCUT2D eigenvalue weighted by atomic mass is 10.2. The zero-order chi connectivity index (χ0) is 13.9. The summed E-state index contributed by atoms with van der Waals surface area (Å²) in [5, 5.41) is 10.8. The Hall–Kier alpha value is -2.18. The summed E-state index contributed by atoms with van der Waals surface area (Å²) >= 11 is 0. The Kier molecular flexibility index (Phi) is 4.19. The Balaban J connectivity index is 3.28. The van der Waals surface area contributed by atoms with Crippen molar-refractivity contribution in [3.8, 4) is 0 Å². The Morgan fingerprint density at radius 1 is 1.50 bits per heavy atom. The third kappa shape index (κ3) is 2.73. The molecule has 0 unspecified atom stereocenters. The molecule has 1 heterocycles. The Labute approximate surface area is 103 Å². The van der Waals surface area contributed by atoms with Gasteiger partial charge in [0, 0.05) is 11.3 Å². The van der Waals surface area contributed by atoms with Gasteiger partial charge in [0.1, 0.15) is 6.54 Å². The third-order valence-corrected chi connectivity index (χ3v) is 2.45. The molecule has 0 bridgehead atoms. The molecule has 0 atom stereocenters. The van der Waals surface area contributed by atoms with E-state index in [9.17, 15) is 19.7 Å². The number of aromatic nitrogens is 1. The lowest BCUT2D eigenvalue weighted by Gasteiger charge is -2.10. The monoisotopic (exact) mass is 254 g/mol. The van der Waals surface area contributed by atoms with E-state index in [1.807, 2.05) is 0 Å². The number of nitrogens with zero attached hydrogens (tertiary/aromatic N) is 2. The molecule has 0 N–H and O–H groups in total. The fourth-order valence-electron chi connectivity index (χ4n) is 1.67. The maximum absolute atomic E-state index is 11.9. The third-order valence-electron chi connectivity index (χ3n) is 2.45. The van der Waals surface area contributed by atoms with Gasteiger partial charge in [0.25, 0.3) is 0 Å². The van der Waals surface area contributed by atoms with Crippen molar-refractivity contribution in [1.29, 1.82) is 0 Å². The number of nitro groups is 1. The molecular formula is C11H14N2O5. The molecule has 0 aliphatic carbocycles. The maximum Gasteiger partial charge on any atom is 0.336 e. The van der Waals surface area contributed by atoms with Crippen LogP contribution in [0.3, 0.4) is 0 Å². The first-order valence-electron chi connectivity index (χ1n) is 5.39. The van der Waals surface area contributed by atoms with Crippen LogP contribution in [0.25, 0.3) is 0 Å². The second-order valence-electron chi connectivity index (χ2n) is 3.77. The van der Waals surface area contributed by atoms with Crippen LogP contribution in [0.1, 0.15) is 18.2 Å². The van der Waals surface area contributed by atoms with E-state index in [1.54, 1.807) is 13.8 Å². The van der Waals surface area contributed by atoms with Crippen LogP contribution < -0.4 is 5.56 Å². The molecule has 7 heteroatoms. The molecule has 18 heavy (non-hydrogen) atoms. The van der Waals surface area contributed by atoms with Gasteiger partial charge in [-0.3, -0.25) is 24.3 Å². The number of hydrogen-bond donors (Lipinski definition) is 0. The normalized spacial score (nSPS) is 10.2. The number of carbonyl (C=O) groups excluding carboxylic acids is 1. The average Bonchev–Trinajstić information content (AvgIpc) is 2.23. The van der Waals surface area contributed by atoms with Crippen molar-refractivity contribution in [3.05, 3.63) is 37.8 Å². The minimum Gasteiger partial charge on any atom is -0.465 e. The van der Waals surface area contributed by atoms with Gasteiger partial charge >= 0.3 is 17.2 Å². The Bertz CT molecular complexity index is 547. The fraction of sp³-hybridized carbons (Fsp3) is 0.455. The lowest BCUT2D eigenvalue weighted by Crippen LogP contribution is -2.29. The molecule has 0 aliphatic rings. The average molecular weight is 254 g/mol. The van der Waals surface area contributed by atoms with Crippen molar-refractivity contribution in [2.24, 2.45) is 0 Å². The highest BCUT2D eigenvalue weighted by Gasteiger charge is 2.21. The SMILES string of the molecule is CCOC(=O)Cn1c(C)cc(C)c([N+](=O)[O-])c1=O. The van der Waals surface area contributed by atoms with E-state index < -0.39 is 22.1 Å². The first kappa shape index (κ1) is 13.9. The summed E-state index contributed by atoms with van der Waals surface area (Å²) in [6, 6.07) is 1.50. The minimum atomic E-state index is -0.787. The van der Waals surface area contributed by atoms with Crippen molar-refractivity contribution in [1.82, 2.24) is 4.57 Å². The second kappa shape index (κ2) is 5.44. The molecular weight excluding hydrogens is 240 g/mol. The predicted molar refractivity (Wildman–Crippen MR) is 63.5 cm³/mol. The summed E-state index contributed by atoms with van der Waals surface area (Å²) in [5.41, 5.74) is -0.533. The highest BCUT2D eigenvalue weighted by atomic mass is 16.6. The van der Waals surface area contributed by atoms with Crippen LogP contribution in [-0.4, -0.2) is 22.1 Å². The van der Waals surface area contributed by atoms with E-state index in [0.717, 1.165) is 4.57 Å². The van der Waals surface area contributed by atoms with Crippen LogP contribution in [-0.2, 0) is 16.1 Å². The second-order valence-corrected chi connectivity index (χ2v) is 3.77. The number of hydrogen-bond acceptors (Lipinski definition) is 5. The Morgan fingerprint density at radius 3 is 2.61 bits per heavy atom. The summed E-state index contributed by atoms with van der Waals surface area (Å²) in [7, 11) is 0. The van der Waals surface area contributed by atoms with Gasteiger partial charge in [-0.25, -0.2) is 0 Å². The van der Waals surface area contributed by atoms with Crippen molar-refractivity contribution in [2.45, 2.75) is 27.3 Å². The van der Waals surface area contributed by atoms with Gasteiger partial charge in [0.2, 0.25) is 0 Å². The summed E-state index contributed by atoms with van der Waals surface area (Å²) < 4.78 is 5.76. The molecule has 7 nitrogen and oxygen atoms in total. The molecule has 0 saturated heterocycles. The van der Waals surface area contributed by atoms with Gasteiger partial charge < -0.3 is 4.74 Å². The van der Waals surface area contributed by atoms with Gasteiger partial charge in [-0.2, -0.15) is 0 Å². The summed E-state index contributed by atoms with van der Waals surface area (Å²) in [5.74, 6) is -0.596. The number of ether oxygens (including phenoxy) is 1. The molecule has 0 spiro atoms. The molecule has 0 aromatic carbocycles. The number of esters is 1. The standard InChI is InChI=1S/C11H14N2O5/c1-4-18-9(14)6-12-8(3)5-7(2)10(11(12)15)13(16)17/h5H,4,6H2,1-3H3. The molecule has 1 rings (SSSR count). The first-order valence-corrected chi connectivity index (χ1v) is 5.39. The predicted octanol–water partition coefficient (Wildman–Crippen LogP) is 0.936. The van der Waals surface area contributed by atoms with E-state index >= 15 is 0 Å². The van der Waals surface area contributed by atoms with Crippen LogP contribution in [0.15, 0.2) is 10.9 Å². The minimum absolute atomic E-state index is 0.195. The highest BCUT2D eigenvalue weighted by Crippen LogP contribution is 2.13. The molecule has 0 radical (unpaired) electrons. The van der Waals surface area contributed by atoms with Gasteiger partial charge in [0.15, 0.2) is 0 Å². The zero-order valence-corrected chi connectivity index (χ0v) is 10.4. The van der Waals surface area contributed by atoms with Crippen molar-refractivity contribution < 1.29 is 14.5 Å². The molecule has 98 valence electrons.